The van der Waals surface area contributed by atoms with Crippen molar-refractivity contribution in [2.24, 2.45) is 0 Å². The Hall–Kier alpha value is -4.81. The summed E-state index contributed by atoms with van der Waals surface area (Å²) in [5, 5.41) is 5.87. The lowest BCUT2D eigenvalue weighted by atomic mass is 9.99. The number of anilines is 2. The van der Waals surface area contributed by atoms with Gasteiger partial charge in [0.15, 0.2) is 12.7 Å². The molecule has 19 heteroatoms. The minimum absolute atomic E-state index is 0.0155. The number of likely N-dealkylation sites (tertiary alicyclic amines) is 1. The number of benzene rings is 2. The number of carbonyl (C=O) groups is 5. The molecule has 316 valence electrons. The first kappa shape index (κ1) is 42.8. The minimum atomic E-state index is -4.87. The maximum atomic E-state index is 14.6. The number of piperazine rings is 1. The molecule has 0 spiro atoms. The fourth-order valence-corrected chi connectivity index (χ4v) is 8.27. The number of halogens is 4. The summed E-state index contributed by atoms with van der Waals surface area (Å²) in [5.41, 5.74) is 5.48. The summed E-state index contributed by atoms with van der Waals surface area (Å²) < 4.78 is 53.3. The maximum Gasteiger partial charge on any atom is 0.418 e. The van der Waals surface area contributed by atoms with Crippen LogP contribution in [-0.2, 0) is 42.9 Å². The van der Waals surface area contributed by atoms with Crippen LogP contribution in [-0.4, -0.2) is 152 Å². The molecule has 0 unspecified atom stereocenters. The van der Waals surface area contributed by atoms with Gasteiger partial charge in [0.25, 0.3) is 11.8 Å². The fourth-order valence-electron chi connectivity index (χ4n) is 8.03. The molecule has 0 saturated carbocycles. The third kappa shape index (κ3) is 10.1. The Morgan fingerprint density at radius 1 is 0.983 bits per heavy atom. The summed E-state index contributed by atoms with van der Waals surface area (Å²) in [6.45, 7) is 2.27. The van der Waals surface area contributed by atoms with Gasteiger partial charge in [0.2, 0.25) is 0 Å². The number of nitrogens with one attached hydrogen (secondary N) is 2. The second-order valence-corrected chi connectivity index (χ2v) is 15.7. The van der Waals surface area contributed by atoms with Crippen molar-refractivity contribution in [1.82, 2.24) is 29.8 Å². The average molecular weight is 835 g/mol. The number of hydrogen-bond acceptors (Lipinski definition) is 10. The predicted molar refractivity (Wildman–Crippen MR) is 208 cm³/mol. The molecule has 0 bridgehead atoms. The van der Waals surface area contributed by atoms with Crippen molar-refractivity contribution in [1.29, 1.82) is 0 Å². The second kappa shape index (κ2) is 18.4. The van der Waals surface area contributed by atoms with Crippen LogP contribution in [0.2, 0.25) is 5.02 Å². The first-order chi connectivity index (χ1) is 27.6. The average Bonchev–Trinajstić information content (AvgIpc) is 3.38. The molecule has 2 atom stereocenters. The van der Waals surface area contributed by atoms with Gasteiger partial charge in [-0.25, -0.2) is 14.4 Å². The Bertz CT molecular complexity index is 1860. The molecular formula is C39H50ClF3N8O7. The highest BCUT2D eigenvalue weighted by molar-refractivity contribution is 6.33. The van der Waals surface area contributed by atoms with Crippen LogP contribution < -0.4 is 16.4 Å². The highest BCUT2D eigenvalue weighted by Crippen LogP contribution is 2.38. The van der Waals surface area contributed by atoms with Gasteiger partial charge in [0.05, 0.1) is 16.3 Å². The van der Waals surface area contributed by atoms with Gasteiger partial charge in [-0.05, 0) is 74.5 Å². The molecule has 4 aliphatic heterocycles. The number of nitrogen functional groups attached to an aromatic ring is 1. The van der Waals surface area contributed by atoms with Crippen molar-refractivity contribution in [2.75, 3.05) is 84.1 Å². The highest BCUT2D eigenvalue weighted by atomic mass is 35.5. The Morgan fingerprint density at radius 2 is 1.69 bits per heavy atom. The molecule has 2 aromatic rings. The van der Waals surface area contributed by atoms with Crippen LogP contribution in [0.5, 0.6) is 0 Å². The van der Waals surface area contributed by atoms with Crippen LogP contribution >= 0.6 is 11.6 Å². The molecule has 2 aromatic carbocycles. The fraction of sp³-hybridized carbons (Fsp3) is 0.564. The number of hydrogen-bond donors (Lipinski definition) is 3. The van der Waals surface area contributed by atoms with Gasteiger partial charge in [-0.15, -0.1) is 0 Å². The van der Waals surface area contributed by atoms with E-state index in [0.29, 0.717) is 32.4 Å². The number of nitrogens with two attached hydrogens (primary N) is 1. The van der Waals surface area contributed by atoms with Gasteiger partial charge in [-0.2, -0.15) is 13.2 Å². The lowest BCUT2D eigenvalue weighted by Crippen LogP contribution is -2.63. The zero-order valence-corrected chi connectivity index (χ0v) is 33.3. The van der Waals surface area contributed by atoms with Crippen LogP contribution in [0.4, 0.5) is 34.1 Å². The van der Waals surface area contributed by atoms with Gasteiger partial charge in [-0.3, -0.25) is 14.5 Å². The van der Waals surface area contributed by atoms with Gasteiger partial charge >= 0.3 is 24.3 Å². The van der Waals surface area contributed by atoms with Crippen molar-refractivity contribution >= 4 is 52.9 Å². The molecule has 15 nitrogen and oxygen atoms in total. The number of rotatable bonds is 9. The van der Waals surface area contributed by atoms with Crippen LogP contribution in [0.15, 0.2) is 36.4 Å². The Balaban J connectivity index is 1.22. The first-order valence-electron chi connectivity index (χ1n) is 19.5. The largest absolute Gasteiger partial charge is 0.454 e. The quantitative estimate of drug-likeness (QED) is 0.252. The first-order valence-corrected chi connectivity index (χ1v) is 19.9. The number of para-hydroxylation sites is 1. The van der Waals surface area contributed by atoms with Crippen LogP contribution in [0.25, 0.3) is 0 Å². The van der Waals surface area contributed by atoms with Gasteiger partial charge in [0.1, 0.15) is 6.04 Å². The molecule has 0 radical (unpaired) electrons. The number of fused-ring (bicyclic) bond motifs is 1. The highest BCUT2D eigenvalue weighted by Gasteiger charge is 2.43. The molecule has 58 heavy (non-hydrogen) atoms. The monoisotopic (exact) mass is 834 g/mol. The van der Waals surface area contributed by atoms with E-state index in [-0.39, 0.29) is 49.9 Å². The maximum absolute atomic E-state index is 14.6. The Labute approximate surface area is 339 Å². The zero-order chi connectivity index (χ0) is 41.7. The number of nitrogens with zero attached hydrogens (tertiary/aromatic N) is 5. The smallest absolute Gasteiger partial charge is 0.418 e. The topological polar surface area (TPSA) is 170 Å². The Morgan fingerprint density at radius 3 is 2.38 bits per heavy atom. The third-order valence-electron chi connectivity index (χ3n) is 11.4. The zero-order valence-electron chi connectivity index (χ0n) is 32.6. The van der Waals surface area contributed by atoms with E-state index >= 15 is 0 Å². The number of piperidine rings is 2. The van der Waals surface area contributed by atoms with E-state index in [4.69, 9.17) is 26.8 Å². The lowest BCUT2D eigenvalue weighted by Gasteiger charge is -2.45. The van der Waals surface area contributed by atoms with Crippen molar-refractivity contribution in [2.45, 2.75) is 68.9 Å². The summed E-state index contributed by atoms with van der Waals surface area (Å²) >= 11 is 6.15. The number of amides is 5. The number of likely N-dealkylation sites (N-methyl/N-ethyl adjacent to an activating group) is 1. The molecular weight excluding hydrogens is 785 g/mol. The van der Waals surface area contributed by atoms with E-state index in [0.717, 1.165) is 43.2 Å². The lowest BCUT2D eigenvalue weighted by molar-refractivity contribution is -0.165. The summed E-state index contributed by atoms with van der Waals surface area (Å²) in [7, 11) is 3.01. The van der Waals surface area contributed by atoms with Gasteiger partial charge in [0, 0.05) is 77.6 Å². The number of urea groups is 1. The van der Waals surface area contributed by atoms with E-state index in [9.17, 15) is 37.1 Å². The predicted octanol–water partition coefficient (Wildman–Crippen LogP) is 3.44. The molecule has 3 fully saturated rings. The van der Waals surface area contributed by atoms with E-state index < -0.39 is 71.5 Å². The SMILES string of the molecule is CN(C)C(=O)COC(=O)[C@@H]1CN(C2CCNCC2)CCN1C(=O)[C@@H](Cc1cc(Cl)c(N)c(C(F)(F)F)c1)OC(=O)N1CCC(N2CCc3ccccc3NC2=O)CC1. The van der Waals surface area contributed by atoms with Crippen molar-refractivity contribution in [3.05, 3.63) is 58.1 Å². The molecule has 4 aliphatic rings. The van der Waals surface area contributed by atoms with E-state index in [1.165, 1.54) is 34.9 Å². The molecule has 4 heterocycles. The molecule has 6 rings (SSSR count). The number of carbonyl (C=O) groups excluding carboxylic acids is 5. The Kier molecular flexibility index (Phi) is 13.6. The van der Waals surface area contributed by atoms with Crippen molar-refractivity contribution in [3.63, 3.8) is 0 Å². The molecule has 4 N–H and O–H groups in total. The van der Waals surface area contributed by atoms with Crippen molar-refractivity contribution in [3.8, 4) is 0 Å². The summed E-state index contributed by atoms with van der Waals surface area (Å²) in [6.07, 6.45) is -4.87. The molecule has 5 amide bonds. The molecule has 3 saturated heterocycles. The van der Waals surface area contributed by atoms with Gasteiger partial charge in [-0.1, -0.05) is 29.8 Å². The molecule has 0 aromatic heterocycles. The standard InChI is InChI=1S/C39H50ClF3N8O7/c1-47(2)33(52)23-57-36(54)31-22-49(26-7-12-45-13-8-26)17-18-51(31)35(53)32(21-24-19-28(39(41,42)43)34(44)29(40)20-24)58-38(56)48-14-10-27(11-15-48)50-16-9-25-5-3-4-6-30(25)46-37(50)55/h3-6,19-20,26-27,31-32,45H,7-18,21-23,44H2,1-2H3,(H,46,55)/t31-,32+/m0/s1. The minimum Gasteiger partial charge on any atom is -0.454 e. The van der Waals surface area contributed by atoms with Crippen LogP contribution in [0.1, 0.15) is 42.4 Å². The normalized spacial score (nSPS) is 20.4. The van der Waals surface area contributed by atoms with E-state index in [2.05, 4.69) is 15.5 Å². The van der Waals surface area contributed by atoms with Crippen molar-refractivity contribution < 1.29 is 46.6 Å². The summed E-state index contributed by atoms with van der Waals surface area (Å²) in [5.74, 6) is -2.14. The summed E-state index contributed by atoms with van der Waals surface area (Å²) in [4.78, 5) is 75.4. The van der Waals surface area contributed by atoms with Crippen LogP contribution in [0, 0.1) is 0 Å². The number of esters is 1. The third-order valence-corrected chi connectivity index (χ3v) is 11.7. The second-order valence-electron chi connectivity index (χ2n) is 15.3. The van der Waals surface area contributed by atoms with E-state index in [1.54, 1.807) is 4.90 Å². The molecule has 0 aliphatic carbocycles. The van der Waals surface area contributed by atoms with Gasteiger partial charge < -0.3 is 45.4 Å². The summed E-state index contributed by atoms with van der Waals surface area (Å²) in [6, 6.07) is 8.00. The number of ether oxygens (including phenoxy) is 2. The number of alkyl halides is 3. The van der Waals surface area contributed by atoms with E-state index in [1.807, 2.05) is 24.3 Å². The van der Waals surface area contributed by atoms with Crippen LogP contribution in [0.3, 0.4) is 0 Å².